The van der Waals surface area contributed by atoms with Crippen molar-refractivity contribution in [2.75, 3.05) is 20.1 Å². The third-order valence-electron chi connectivity index (χ3n) is 4.63. The second kappa shape index (κ2) is 9.02. The van der Waals surface area contributed by atoms with Gasteiger partial charge in [-0.15, -0.1) is 11.3 Å². The molecule has 25 heavy (non-hydrogen) atoms. The first-order valence-corrected chi connectivity index (χ1v) is 9.83. The van der Waals surface area contributed by atoms with E-state index in [1.54, 1.807) is 0 Å². The second-order valence-corrected chi connectivity index (χ2v) is 7.99. The van der Waals surface area contributed by atoms with Crippen molar-refractivity contribution in [1.29, 1.82) is 0 Å². The monoisotopic (exact) mass is 356 g/mol. The van der Waals surface area contributed by atoms with Gasteiger partial charge in [-0.2, -0.15) is 0 Å². The molecule has 2 heterocycles. The van der Waals surface area contributed by atoms with Crippen LogP contribution < -0.4 is 10.6 Å². The van der Waals surface area contributed by atoms with Gasteiger partial charge in [0, 0.05) is 42.5 Å². The number of aliphatic imine (C=N–C) groups is 1. The SMILES string of the molecule is CN=C(NCc1ccc(C)s1)NC1CCN(Cc2ccccc2)CC1. The molecule has 1 aromatic carbocycles. The fourth-order valence-corrected chi connectivity index (χ4v) is 4.05. The number of thiophene rings is 1. The van der Waals surface area contributed by atoms with E-state index in [4.69, 9.17) is 0 Å². The standard InChI is InChI=1S/C20H28N4S/c1-16-8-9-19(25-16)14-22-20(21-2)23-18-10-12-24(13-11-18)15-17-6-4-3-5-7-17/h3-9,18H,10-15H2,1-2H3,(H2,21,22,23). The molecule has 0 amide bonds. The van der Waals surface area contributed by atoms with Crippen LogP contribution in [0.4, 0.5) is 0 Å². The Bertz CT molecular complexity index is 672. The zero-order valence-corrected chi connectivity index (χ0v) is 16.0. The van der Waals surface area contributed by atoms with E-state index >= 15 is 0 Å². The molecular weight excluding hydrogens is 328 g/mol. The molecule has 1 aliphatic heterocycles. The molecule has 134 valence electrons. The quantitative estimate of drug-likeness (QED) is 0.637. The minimum Gasteiger partial charge on any atom is -0.354 e. The molecule has 0 aliphatic carbocycles. The molecule has 1 fully saturated rings. The smallest absolute Gasteiger partial charge is 0.191 e. The Kier molecular flexibility index (Phi) is 6.48. The highest BCUT2D eigenvalue weighted by Gasteiger charge is 2.20. The molecule has 5 heteroatoms. The molecule has 0 saturated carbocycles. The minimum absolute atomic E-state index is 0.503. The number of guanidine groups is 1. The van der Waals surface area contributed by atoms with Crippen molar-refractivity contribution in [2.24, 2.45) is 4.99 Å². The van der Waals surface area contributed by atoms with E-state index in [2.05, 4.69) is 69.9 Å². The number of aryl methyl sites for hydroxylation is 1. The minimum atomic E-state index is 0.503. The summed E-state index contributed by atoms with van der Waals surface area (Å²) in [5.74, 6) is 0.910. The summed E-state index contributed by atoms with van der Waals surface area (Å²) >= 11 is 1.84. The van der Waals surface area contributed by atoms with Crippen molar-refractivity contribution in [3.8, 4) is 0 Å². The molecule has 0 radical (unpaired) electrons. The number of nitrogens with zero attached hydrogens (tertiary/aromatic N) is 2. The van der Waals surface area contributed by atoms with Crippen LogP contribution in [0.5, 0.6) is 0 Å². The Labute approximate surface area is 155 Å². The van der Waals surface area contributed by atoms with Crippen LogP contribution in [0.15, 0.2) is 47.5 Å². The molecule has 2 aromatic rings. The molecule has 2 N–H and O–H groups in total. The van der Waals surface area contributed by atoms with E-state index in [1.807, 2.05) is 18.4 Å². The fourth-order valence-electron chi connectivity index (χ4n) is 3.22. The lowest BCUT2D eigenvalue weighted by atomic mass is 10.0. The predicted molar refractivity (Wildman–Crippen MR) is 107 cm³/mol. The van der Waals surface area contributed by atoms with Gasteiger partial charge in [-0.1, -0.05) is 30.3 Å². The zero-order chi connectivity index (χ0) is 17.5. The summed E-state index contributed by atoms with van der Waals surface area (Å²) in [6.45, 7) is 6.30. The third-order valence-corrected chi connectivity index (χ3v) is 5.63. The zero-order valence-electron chi connectivity index (χ0n) is 15.2. The number of piperidine rings is 1. The van der Waals surface area contributed by atoms with Crippen molar-refractivity contribution in [1.82, 2.24) is 15.5 Å². The Morgan fingerprint density at radius 1 is 1.16 bits per heavy atom. The first kappa shape index (κ1) is 18.0. The largest absolute Gasteiger partial charge is 0.354 e. The summed E-state index contributed by atoms with van der Waals surface area (Å²) in [4.78, 5) is 9.61. The van der Waals surface area contributed by atoms with E-state index in [0.29, 0.717) is 6.04 Å². The summed E-state index contributed by atoms with van der Waals surface area (Å²) in [5, 5.41) is 7.02. The van der Waals surface area contributed by atoms with Gasteiger partial charge in [0.2, 0.25) is 0 Å². The van der Waals surface area contributed by atoms with Gasteiger partial charge in [-0.3, -0.25) is 9.89 Å². The molecule has 3 rings (SSSR count). The van der Waals surface area contributed by atoms with Crippen LogP contribution in [0.2, 0.25) is 0 Å². The lowest BCUT2D eigenvalue weighted by Crippen LogP contribution is -2.48. The van der Waals surface area contributed by atoms with Crippen molar-refractivity contribution in [3.05, 3.63) is 57.8 Å². The number of nitrogens with one attached hydrogen (secondary N) is 2. The summed E-state index contributed by atoms with van der Waals surface area (Å²) in [6, 6.07) is 15.6. The highest BCUT2D eigenvalue weighted by molar-refractivity contribution is 7.11. The lowest BCUT2D eigenvalue weighted by molar-refractivity contribution is 0.198. The Morgan fingerprint density at radius 2 is 1.92 bits per heavy atom. The number of benzene rings is 1. The highest BCUT2D eigenvalue weighted by Crippen LogP contribution is 2.15. The Morgan fingerprint density at radius 3 is 2.56 bits per heavy atom. The molecule has 0 atom stereocenters. The molecule has 0 bridgehead atoms. The first-order valence-electron chi connectivity index (χ1n) is 9.01. The summed E-state index contributed by atoms with van der Waals surface area (Å²) in [5.41, 5.74) is 1.40. The molecule has 1 aromatic heterocycles. The van der Waals surface area contributed by atoms with Crippen molar-refractivity contribution < 1.29 is 0 Å². The Hall–Kier alpha value is -1.85. The van der Waals surface area contributed by atoms with E-state index in [1.165, 1.54) is 15.3 Å². The topological polar surface area (TPSA) is 39.7 Å². The van der Waals surface area contributed by atoms with Crippen LogP contribution in [0.3, 0.4) is 0 Å². The van der Waals surface area contributed by atoms with Gasteiger partial charge < -0.3 is 10.6 Å². The van der Waals surface area contributed by atoms with Crippen LogP contribution in [0.25, 0.3) is 0 Å². The molecule has 0 spiro atoms. The average molecular weight is 357 g/mol. The van der Waals surface area contributed by atoms with Crippen molar-refractivity contribution >= 4 is 17.3 Å². The van der Waals surface area contributed by atoms with Gasteiger partial charge in [0.15, 0.2) is 5.96 Å². The highest BCUT2D eigenvalue weighted by atomic mass is 32.1. The molecule has 1 saturated heterocycles. The fraction of sp³-hybridized carbons (Fsp3) is 0.450. The van der Waals surface area contributed by atoms with E-state index in [9.17, 15) is 0 Å². The maximum absolute atomic E-state index is 4.38. The van der Waals surface area contributed by atoms with Gasteiger partial charge in [-0.05, 0) is 37.5 Å². The van der Waals surface area contributed by atoms with Crippen LogP contribution in [0.1, 0.15) is 28.2 Å². The van der Waals surface area contributed by atoms with Gasteiger partial charge in [-0.25, -0.2) is 0 Å². The first-order chi connectivity index (χ1) is 12.2. The van der Waals surface area contributed by atoms with Crippen LogP contribution in [0, 0.1) is 6.92 Å². The molecule has 4 nitrogen and oxygen atoms in total. The average Bonchev–Trinajstić information content (AvgIpc) is 3.06. The summed E-state index contributed by atoms with van der Waals surface area (Å²) in [7, 11) is 1.85. The lowest BCUT2D eigenvalue weighted by Gasteiger charge is -2.33. The van der Waals surface area contributed by atoms with Crippen molar-refractivity contribution in [2.45, 2.75) is 38.9 Å². The summed E-state index contributed by atoms with van der Waals surface area (Å²) in [6.07, 6.45) is 2.32. The number of hydrogen-bond donors (Lipinski definition) is 2. The van der Waals surface area contributed by atoms with Crippen molar-refractivity contribution in [3.63, 3.8) is 0 Å². The van der Waals surface area contributed by atoms with Crippen LogP contribution in [-0.2, 0) is 13.1 Å². The van der Waals surface area contributed by atoms with E-state index in [0.717, 1.165) is 45.0 Å². The van der Waals surface area contributed by atoms with Gasteiger partial charge in [0.1, 0.15) is 0 Å². The molecule has 0 unspecified atom stereocenters. The predicted octanol–water partition coefficient (Wildman–Crippen LogP) is 3.39. The van der Waals surface area contributed by atoms with Gasteiger partial charge in [0.25, 0.3) is 0 Å². The van der Waals surface area contributed by atoms with Gasteiger partial charge >= 0.3 is 0 Å². The number of likely N-dealkylation sites (tertiary alicyclic amines) is 1. The maximum atomic E-state index is 4.38. The summed E-state index contributed by atoms with van der Waals surface area (Å²) < 4.78 is 0. The number of hydrogen-bond acceptors (Lipinski definition) is 3. The normalized spacial score (nSPS) is 16.8. The molecule has 1 aliphatic rings. The van der Waals surface area contributed by atoms with E-state index < -0.39 is 0 Å². The van der Waals surface area contributed by atoms with E-state index in [-0.39, 0.29) is 0 Å². The third kappa shape index (κ3) is 5.58. The van der Waals surface area contributed by atoms with Crippen LogP contribution >= 0.6 is 11.3 Å². The second-order valence-electron chi connectivity index (χ2n) is 6.62. The molecular formula is C20H28N4S. The number of rotatable bonds is 5. The Balaban J connectivity index is 1.41. The maximum Gasteiger partial charge on any atom is 0.191 e. The van der Waals surface area contributed by atoms with Gasteiger partial charge in [0.05, 0.1) is 6.54 Å². The van der Waals surface area contributed by atoms with Crippen LogP contribution in [-0.4, -0.2) is 37.0 Å².